The second-order valence-electron chi connectivity index (χ2n) is 8.02. The Kier molecular flexibility index (Phi) is 8.17. The Bertz CT molecular complexity index is 1490. The lowest BCUT2D eigenvalue weighted by Crippen LogP contribution is -2.23. The molecular weight excluding hydrogens is 573 g/mol. The predicted octanol–water partition coefficient (Wildman–Crippen LogP) is 8.09. The van der Waals surface area contributed by atoms with E-state index in [0.29, 0.717) is 43.1 Å². The molecule has 0 fully saturated rings. The summed E-state index contributed by atoms with van der Waals surface area (Å²) < 4.78 is 8.00. The first-order valence-corrected chi connectivity index (χ1v) is 12.8. The molecule has 180 valence electrons. The Labute approximate surface area is 226 Å². The van der Waals surface area contributed by atoms with Crippen molar-refractivity contribution in [2.24, 2.45) is 5.10 Å². The van der Waals surface area contributed by atoms with Gasteiger partial charge in [0.1, 0.15) is 18.2 Å². The second kappa shape index (κ2) is 11.1. The fourth-order valence-electron chi connectivity index (χ4n) is 3.41. The van der Waals surface area contributed by atoms with E-state index in [1.165, 1.54) is 4.68 Å². The molecule has 35 heavy (non-hydrogen) atoms. The highest BCUT2D eigenvalue weighted by Gasteiger charge is 2.15. The zero-order valence-corrected chi connectivity index (χ0v) is 22.8. The summed E-state index contributed by atoms with van der Waals surface area (Å²) in [4.78, 5) is 18.0. The van der Waals surface area contributed by atoms with E-state index in [1.807, 2.05) is 38.1 Å². The number of nitrogens with zero attached hydrogens (tertiary/aromatic N) is 3. The van der Waals surface area contributed by atoms with Crippen LogP contribution < -0.4 is 10.3 Å². The smallest absolute Gasteiger partial charge is 0.282 e. The topological polar surface area (TPSA) is 56.5 Å². The van der Waals surface area contributed by atoms with Gasteiger partial charge in [-0.15, -0.1) is 0 Å². The van der Waals surface area contributed by atoms with E-state index < -0.39 is 0 Å². The molecule has 0 aliphatic rings. The van der Waals surface area contributed by atoms with Crippen LogP contribution >= 0.6 is 50.7 Å². The van der Waals surface area contributed by atoms with E-state index in [9.17, 15) is 4.79 Å². The monoisotopic (exact) mass is 591 g/mol. The Morgan fingerprint density at radius 1 is 1.09 bits per heavy atom. The van der Waals surface area contributed by atoms with Crippen LogP contribution in [0.25, 0.3) is 10.9 Å². The molecule has 1 heterocycles. The van der Waals surface area contributed by atoms with Gasteiger partial charge in [-0.2, -0.15) is 9.78 Å². The second-order valence-corrected chi connectivity index (χ2v) is 10.2. The molecule has 0 amide bonds. The predicted molar refractivity (Wildman–Crippen MR) is 148 cm³/mol. The van der Waals surface area contributed by atoms with Gasteiger partial charge in [0.25, 0.3) is 5.56 Å². The number of hydrogen-bond acceptors (Lipinski definition) is 4. The van der Waals surface area contributed by atoms with Crippen molar-refractivity contribution in [3.05, 3.63) is 101 Å². The minimum Gasteiger partial charge on any atom is -0.487 e. The standard InChI is InChI=1S/C26H21BrCl3N3O2/c1-3-15(2)25-32-23-8-6-18(27)11-20(23)26(34)33(25)31-13-16-4-9-24(22(30)10-16)35-14-17-5-7-19(28)12-21(17)29/h4-13,15H,3,14H2,1-2H3/t15-/m1/s1. The number of benzene rings is 3. The zero-order valence-electron chi connectivity index (χ0n) is 18.9. The quantitative estimate of drug-likeness (QED) is 0.204. The molecular formula is C26H21BrCl3N3O2. The van der Waals surface area contributed by atoms with Crippen molar-refractivity contribution < 1.29 is 4.74 Å². The first-order valence-electron chi connectivity index (χ1n) is 10.9. The highest BCUT2D eigenvalue weighted by atomic mass is 79.9. The van der Waals surface area contributed by atoms with Crippen LogP contribution in [0.4, 0.5) is 0 Å². The molecule has 0 saturated heterocycles. The molecule has 1 aromatic heterocycles. The van der Waals surface area contributed by atoms with Crippen molar-refractivity contribution in [2.75, 3.05) is 0 Å². The molecule has 0 saturated carbocycles. The van der Waals surface area contributed by atoms with E-state index in [2.05, 4.69) is 21.0 Å². The minimum atomic E-state index is -0.228. The molecule has 0 aliphatic heterocycles. The summed E-state index contributed by atoms with van der Waals surface area (Å²) in [6.07, 6.45) is 2.41. The molecule has 0 spiro atoms. The van der Waals surface area contributed by atoms with Gasteiger partial charge in [0, 0.05) is 26.0 Å². The molecule has 3 aromatic carbocycles. The summed E-state index contributed by atoms with van der Waals surface area (Å²) in [5.41, 5.74) is 1.92. The molecule has 4 rings (SSSR count). The SMILES string of the molecule is CC[C@@H](C)c1nc2ccc(Br)cc2c(=O)n1N=Cc1ccc(OCc2ccc(Cl)cc2Cl)c(Cl)c1. The Hall–Kier alpha value is -2.38. The highest BCUT2D eigenvalue weighted by Crippen LogP contribution is 2.28. The lowest BCUT2D eigenvalue weighted by Gasteiger charge is -2.14. The van der Waals surface area contributed by atoms with Gasteiger partial charge in [0.15, 0.2) is 0 Å². The molecule has 9 heteroatoms. The Morgan fingerprint density at radius 2 is 1.89 bits per heavy atom. The average molecular weight is 594 g/mol. The minimum absolute atomic E-state index is 0.0481. The van der Waals surface area contributed by atoms with E-state index in [0.717, 1.165) is 16.5 Å². The van der Waals surface area contributed by atoms with E-state index >= 15 is 0 Å². The van der Waals surface area contributed by atoms with Crippen molar-refractivity contribution in [3.8, 4) is 5.75 Å². The molecule has 0 radical (unpaired) electrons. The molecule has 5 nitrogen and oxygen atoms in total. The van der Waals surface area contributed by atoms with Crippen molar-refractivity contribution in [3.63, 3.8) is 0 Å². The lowest BCUT2D eigenvalue weighted by molar-refractivity contribution is 0.306. The lowest BCUT2D eigenvalue weighted by atomic mass is 10.1. The Balaban J connectivity index is 1.62. The molecule has 0 bridgehead atoms. The van der Waals surface area contributed by atoms with Crippen LogP contribution in [0.5, 0.6) is 5.75 Å². The van der Waals surface area contributed by atoms with E-state index in [4.69, 9.17) is 44.5 Å². The number of aromatic nitrogens is 2. The van der Waals surface area contributed by atoms with Crippen LogP contribution in [-0.4, -0.2) is 15.9 Å². The van der Waals surface area contributed by atoms with Gasteiger partial charge in [-0.3, -0.25) is 4.79 Å². The summed E-state index contributed by atoms with van der Waals surface area (Å²) in [6.45, 7) is 4.32. The van der Waals surface area contributed by atoms with Crippen molar-refractivity contribution in [2.45, 2.75) is 32.8 Å². The third-order valence-electron chi connectivity index (χ3n) is 5.56. The Morgan fingerprint density at radius 3 is 2.60 bits per heavy atom. The van der Waals surface area contributed by atoms with E-state index in [1.54, 1.807) is 36.5 Å². The maximum absolute atomic E-state index is 13.3. The molecule has 4 aromatic rings. The number of fused-ring (bicyclic) bond motifs is 1. The number of rotatable bonds is 7. The van der Waals surface area contributed by atoms with Crippen LogP contribution in [-0.2, 0) is 6.61 Å². The van der Waals surface area contributed by atoms with Gasteiger partial charge < -0.3 is 4.74 Å². The fourth-order valence-corrected chi connectivity index (χ4v) is 4.48. The fraction of sp³-hybridized carbons (Fsp3) is 0.192. The maximum atomic E-state index is 13.3. The molecule has 0 unspecified atom stereocenters. The van der Waals surface area contributed by atoms with Gasteiger partial charge in [-0.25, -0.2) is 4.98 Å². The summed E-state index contributed by atoms with van der Waals surface area (Å²) in [7, 11) is 0. The maximum Gasteiger partial charge on any atom is 0.282 e. The summed E-state index contributed by atoms with van der Waals surface area (Å²) in [5.74, 6) is 1.16. The van der Waals surface area contributed by atoms with Crippen LogP contribution in [0, 0.1) is 0 Å². The molecule has 1 atom stereocenters. The first-order chi connectivity index (χ1) is 16.8. The van der Waals surface area contributed by atoms with E-state index in [-0.39, 0.29) is 18.1 Å². The number of halogens is 4. The summed E-state index contributed by atoms with van der Waals surface area (Å²) >= 11 is 22.0. The van der Waals surface area contributed by atoms with Gasteiger partial charge in [0.05, 0.1) is 22.1 Å². The van der Waals surface area contributed by atoms with Crippen LogP contribution in [0.1, 0.15) is 43.1 Å². The summed E-state index contributed by atoms with van der Waals surface area (Å²) in [5, 5.41) is 6.47. The van der Waals surface area contributed by atoms with Crippen molar-refractivity contribution in [1.29, 1.82) is 0 Å². The van der Waals surface area contributed by atoms with Crippen LogP contribution in [0.2, 0.25) is 15.1 Å². The van der Waals surface area contributed by atoms with Gasteiger partial charge in [-0.05, 0) is 60.5 Å². The third kappa shape index (κ3) is 5.89. The average Bonchev–Trinajstić information content (AvgIpc) is 2.83. The van der Waals surface area contributed by atoms with Crippen molar-refractivity contribution in [1.82, 2.24) is 9.66 Å². The normalized spacial score (nSPS) is 12.4. The van der Waals surface area contributed by atoms with Crippen LogP contribution in [0.3, 0.4) is 0 Å². The van der Waals surface area contributed by atoms with Gasteiger partial charge >= 0.3 is 0 Å². The molecule has 0 aliphatic carbocycles. The van der Waals surface area contributed by atoms with Crippen LogP contribution in [0.15, 0.2) is 69.0 Å². The molecule has 0 N–H and O–H groups in total. The zero-order chi connectivity index (χ0) is 25.1. The summed E-state index contributed by atoms with van der Waals surface area (Å²) in [6, 6.07) is 16.0. The third-order valence-corrected chi connectivity index (χ3v) is 6.94. The number of ether oxygens (including phenoxy) is 1. The number of hydrogen-bond donors (Lipinski definition) is 0. The van der Waals surface area contributed by atoms with Gasteiger partial charge in [0.2, 0.25) is 0 Å². The highest BCUT2D eigenvalue weighted by molar-refractivity contribution is 9.10. The largest absolute Gasteiger partial charge is 0.487 e. The van der Waals surface area contributed by atoms with Crippen molar-refractivity contribution >= 4 is 67.9 Å². The van der Waals surface area contributed by atoms with Gasteiger partial charge in [-0.1, -0.05) is 70.6 Å². The first kappa shape index (κ1) is 25.7.